The van der Waals surface area contributed by atoms with E-state index in [1.165, 1.54) is 0 Å². The van der Waals surface area contributed by atoms with E-state index in [0.717, 1.165) is 31.1 Å². The third-order valence-electron chi connectivity index (χ3n) is 3.19. The Balaban J connectivity index is 1.96. The maximum absolute atomic E-state index is 13.6. The van der Waals surface area contributed by atoms with Gasteiger partial charge in [0.05, 0.1) is 12.4 Å². The van der Waals surface area contributed by atoms with E-state index in [-0.39, 0.29) is 5.69 Å². The first-order valence-electron chi connectivity index (χ1n) is 5.52. The number of nitrogens with zero attached hydrogens (tertiary/aromatic N) is 2. The molecule has 0 radical (unpaired) electrons. The number of halogens is 3. The summed E-state index contributed by atoms with van der Waals surface area (Å²) in [5.74, 6) is -2.91. The van der Waals surface area contributed by atoms with Gasteiger partial charge in [0.1, 0.15) is 5.82 Å². The molecule has 0 saturated carbocycles. The van der Waals surface area contributed by atoms with Crippen LogP contribution in [0.4, 0.5) is 18.9 Å². The molecule has 0 bridgehead atoms. The highest BCUT2D eigenvalue weighted by atomic mass is 19.2. The van der Waals surface area contributed by atoms with Crippen molar-refractivity contribution in [2.75, 3.05) is 18.1 Å². The molecular weight excluding hydrogens is 229 g/mol. The summed E-state index contributed by atoms with van der Waals surface area (Å²) in [5, 5.41) is 0. The zero-order valence-electron chi connectivity index (χ0n) is 9.09. The molecule has 3 rings (SSSR count). The van der Waals surface area contributed by atoms with E-state index >= 15 is 0 Å². The molecule has 0 aromatic heterocycles. The normalized spacial score (nSPS) is 18.6. The lowest BCUT2D eigenvalue weighted by atomic mass is 10.2. The van der Waals surface area contributed by atoms with Crippen molar-refractivity contribution in [3.05, 3.63) is 41.5 Å². The lowest BCUT2D eigenvalue weighted by Gasteiger charge is -2.20. The highest BCUT2D eigenvalue weighted by Gasteiger charge is 2.27. The molecule has 0 amide bonds. The number of fused-ring (bicyclic) bond motifs is 1. The maximum atomic E-state index is 13.6. The van der Waals surface area contributed by atoms with E-state index in [9.17, 15) is 13.2 Å². The number of allylic oxidation sites excluding steroid dienone is 1. The van der Waals surface area contributed by atoms with Crippen molar-refractivity contribution >= 4 is 5.69 Å². The first-order valence-corrected chi connectivity index (χ1v) is 5.52. The third kappa shape index (κ3) is 1.66. The van der Waals surface area contributed by atoms with Gasteiger partial charge < -0.3 is 9.80 Å². The van der Waals surface area contributed by atoms with Crippen LogP contribution in [0.1, 0.15) is 12.8 Å². The average Bonchev–Trinajstić information content (AvgIpc) is 2.83. The zero-order chi connectivity index (χ0) is 12.0. The molecule has 0 N–H and O–H groups in total. The molecule has 2 aliphatic heterocycles. The topological polar surface area (TPSA) is 6.48 Å². The van der Waals surface area contributed by atoms with Gasteiger partial charge in [-0.05, 0) is 12.8 Å². The largest absolute Gasteiger partial charge is 0.356 e. The molecule has 2 nitrogen and oxygen atoms in total. The van der Waals surface area contributed by atoms with Crippen molar-refractivity contribution in [2.45, 2.75) is 12.8 Å². The van der Waals surface area contributed by atoms with Gasteiger partial charge in [-0.25, -0.2) is 13.2 Å². The van der Waals surface area contributed by atoms with Crippen molar-refractivity contribution < 1.29 is 13.2 Å². The van der Waals surface area contributed by atoms with Gasteiger partial charge in [-0.2, -0.15) is 0 Å². The van der Waals surface area contributed by atoms with Gasteiger partial charge in [0, 0.05) is 30.6 Å². The van der Waals surface area contributed by atoms with Crippen LogP contribution in [-0.2, 0) is 0 Å². The van der Waals surface area contributed by atoms with E-state index < -0.39 is 17.5 Å². The minimum Gasteiger partial charge on any atom is -0.356 e. The number of rotatable bonds is 1. The van der Waals surface area contributed by atoms with Crippen molar-refractivity contribution in [1.29, 1.82) is 0 Å². The second-order valence-corrected chi connectivity index (χ2v) is 4.32. The monoisotopic (exact) mass is 240 g/mol. The van der Waals surface area contributed by atoms with Crippen LogP contribution < -0.4 is 4.90 Å². The summed E-state index contributed by atoms with van der Waals surface area (Å²) in [7, 11) is 0. The summed E-state index contributed by atoms with van der Waals surface area (Å²) in [4.78, 5) is 3.73. The fourth-order valence-corrected chi connectivity index (χ4v) is 2.34. The van der Waals surface area contributed by atoms with Crippen molar-refractivity contribution in [2.24, 2.45) is 0 Å². The molecule has 1 fully saturated rings. The molecule has 2 aliphatic rings. The van der Waals surface area contributed by atoms with Crippen LogP contribution in [0.2, 0.25) is 0 Å². The zero-order valence-corrected chi connectivity index (χ0v) is 9.09. The average molecular weight is 240 g/mol. The summed E-state index contributed by atoms with van der Waals surface area (Å²) in [6.07, 6.45) is 3.87. The van der Waals surface area contributed by atoms with Crippen LogP contribution in [0.25, 0.3) is 0 Å². The predicted octanol–water partition coefficient (Wildman–Crippen LogP) is 2.82. The van der Waals surface area contributed by atoms with Gasteiger partial charge in [-0.3, -0.25) is 0 Å². The van der Waals surface area contributed by atoms with Crippen LogP contribution in [-0.4, -0.2) is 18.1 Å². The Kier molecular flexibility index (Phi) is 2.28. The van der Waals surface area contributed by atoms with Crippen molar-refractivity contribution in [1.82, 2.24) is 4.90 Å². The number of benzene rings is 1. The van der Waals surface area contributed by atoms with Crippen LogP contribution in [0.3, 0.4) is 0 Å². The molecule has 1 aromatic carbocycles. The Bertz CT molecular complexity index is 499. The minimum atomic E-state index is -1.15. The standard InChI is InChI=1S/C12H11F3N2/c13-9-4-11(15)12(5-10(9)14)17-6-8-2-1-3-16(8)7-17/h4-6H,1-3,7H2. The molecule has 17 heavy (non-hydrogen) atoms. The molecule has 2 heterocycles. The first-order chi connectivity index (χ1) is 8.15. The minimum absolute atomic E-state index is 0.0887. The number of hydrogen-bond acceptors (Lipinski definition) is 2. The summed E-state index contributed by atoms with van der Waals surface area (Å²) >= 11 is 0. The van der Waals surface area contributed by atoms with Gasteiger partial charge in [0.15, 0.2) is 11.6 Å². The van der Waals surface area contributed by atoms with Crippen LogP contribution in [0, 0.1) is 17.5 Å². The summed E-state index contributed by atoms with van der Waals surface area (Å²) in [6, 6.07) is 1.50. The molecule has 5 heteroatoms. The molecular formula is C12H11F3N2. The van der Waals surface area contributed by atoms with Crippen molar-refractivity contribution in [3.63, 3.8) is 0 Å². The molecule has 0 spiro atoms. The van der Waals surface area contributed by atoms with E-state index in [0.29, 0.717) is 12.7 Å². The SMILES string of the molecule is Fc1cc(F)c(N2C=C3CCCN3C2)cc1F. The van der Waals surface area contributed by atoms with Gasteiger partial charge in [-0.15, -0.1) is 0 Å². The first kappa shape index (κ1) is 10.5. The summed E-state index contributed by atoms with van der Waals surface area (Å²) in [5.41, 5.74) is 1.22. The van der Waals surface area contributed by atoms with Gasteiger partial charge >= 0.3 is 0 Å². The third-order valence-corrected chi connectivity index (χ3v) is 3.19. The second kappa shape index (κ2) is 3.68. The summed E-state index contributed by atoms with van der Waals surface area (Å²) in [6.45, 7) is 1.45. The van der Waals surface area contributed by atoms with Crippen LogP contribution >= 0.6 is 0 Å². The van der Waals surface area contributed by atoms with Crippen molar-refractivity contribution in [3.8, 4) is 0 Å². The fourth-order valence-electron chi connectivity index (χ4n) is 2.34. The van der Waals surface area contributed by atoms with E-state index in [4.69, 9.17) is 0 Å². The Morgan fingerprint density at radius 3 is 2.53 bits per heavy atom. The smallest absolute Gasteiger partial charge is 0.161 e. The molecule has 1 aromatic rings. The quantitative estimate of drug-likeness (QED) is 0.696. The fraction of sp³-hybridized carbons (Fsp3) is 0.333. The lowest BCUT2D eigenvalue weighted by Crippen LogP contribution is -2.25. The molecule has 90 valence electrons. The van der Waals surface area contributed by atoms with Gasteiger partial charge in [0.25, 0.3) is 0 Å². The van der Waals surface area contributed by atoms with E-state index in [1.807, 2.05) is 6.20 Å². The molecule has 0 aliphatic carbocycles. The highest BCUT2D eigenvalue weighted by molar-refractivity contribution is 5.53. The second-order valence-electron chi connectivity index (χ2n) is 4.32. The number of anilines is 1. The Morgan fingerprint density at radius 1 is 1.00 bits per heavy atom. The van der Waals surface area contributed by atoms with E-state index in [1.54, 1.807) is 4.90 Å². The Morgan fingerprint density at radius 2 is 1.76 bits per heavy atom. The van der Waals surface area contributed by atoms with E-state index in [2.05, 4.69) is 4.90 Å². The predicted molar refractivity (Wildman–Crippen MR) is 57.7 cm³/mol. The van der Waals surface area contributed by atoms with Crippen LogP contribution in [0.15, 0.2) is 24.0 Å². The maximum Gasteiger partial charge on any atom is 0.161 e. The van der Waals surface area contributed by atoms with Gasteiger partial charge in [0.2, 0.25) is 0 Å². The van der Waals surface area contributed by atoms with Gasteiger partial charge in [-0.1, -0.05) is 0 Å². The number of hydrogen-bond donors (Lipinski definition) is 0. The summed E-state index contributed by atoms with van der Waals surface area (Å²) < 4.78 is 39.5. The molecule has 1 saturated heterocycles. The Labute approximate surface area is 96.9 Å². The lowest BCUT2D eigenvalue weighted by molar-refractivity contribution is 0.425. The van der Waals surface area contributed by atoms with Crippen LogP contribution in [0.5, 0.6) is 0 Å². The molecule has 0 unspecified atom stereocenters. The molecule has 0 atom stereocenters. The highest BCUT2D eigenvalue weighted by Crippen LogP contribution is 2.32. The Hall–Kier alpha value is -1.65.